The number of rotatable bonds is 4. The minimum Gasteiger partial charge on any atom is -0.497 e. The molecule has 5 nitrogen and oxygen atoms in total. The molecule has 0 radical (unpaired) electrons. The average molecular weight is 288 g/mol. The Labute approximate surface area is 124 Å². The van der Waals surface area contributed by atoms with E-state index >= 15 is 0 Å². The molecule has 1 aliphatic heterocycles. The van der Waals surface area contributed by atoms with Gasteiger partial charge in [0.1, 0.15) is 11.5 Å². The molecule has 5 heteroatoms. The fourth-order valence-electron chi connectivity index (χ4n) is 2.95. The van der Waals surface area contributed by atoms with E-state index in [1.807, 2.05) is 31.2 Å². The predicted octanol–water partition coefficient (Wildman–Crippen LogP) is 2.30. The summed E-state index contributed by atoms with van der Waals surface area (Å²) in [6.45, 7) is 3.21. The molecule has 3 rings (SSSR count). The Hall–Kier alpha value is -1.85. The maximum Gasteiger partial charge on any atom is 0.133 e. The summed E-state index contributed by atoms with van der Waals surface area (Å²) in [5.74, 6) is 1.65. The summed E-state index contributed by atoms with van der Waals surface area (Å²) >= 11 is 0. The maximum absolute atomic E-state index is 10.0. The molecule has 2 aromatic rings. The van der Waals surface area contributed by atoms with Crippen molar-refractivity contribution in [2.75, 3.05) is 13.7 Å². The number of ether oxygens (including phenoxy) is 1. The largest absolute Gasteiger partial charge is 0.497 e. The molecule has 0 aliphatic carbocycles. The number of benzene rings is 1. The van der Waals surface area contributed by atoms with Crippen LogP contribution in [0, 0.1) is 6.92 Å². The highest BCUT2D eigenvalue weighted by Gasteiger charge is 2.32. The van der Waals surface area contributed by atoms with E-state index in [4.69, 9.17) is 9.26 Å². The van der Waals surface area contributed by atoms with Gasteiger partial charge in [-0.05, 0) is 31.0 Å². The number of aliphatic hydroxyl groups excluding tert-OH is 1. The van der Waals surface area contributed by atoms with E-state index in [-0.39, 0.29) is 12.1 Å². The first-order valence-electron chi connectivity index (χ1n) is 7.14. The van der Waals surface area contributed by atoms with Crippen LogP contribution in [0.1, 0.15) is 29.5 Å². The second-order valence-electron chi connectivity index (χ2n) is 5.54. The second kappa shape index (κ2) is 5.87. The number of likely N-dealkylation sites (tertiary alicyclic amines) is 1. The lowest BCUT2D eigenvalue weighted by atomic mass is 10.0. The van der Waals surface area contributed by atoms with Gasteiger partial charge in [-0.25, -0.2) is 0 Å². The number of nitrogens with zero attached hydrogens (tertiary/aromatic N) is 2. The van der Waals surface area contributed by atoms with E-state index in [0.717, 1.165) is 29.2 Å². The normalized spacial score (nSPS) is 22.6. The van der Waals surface area contributed by atoms with Crippen LogP contribution >= 0.6 is 0 Å². The van der Waals surface area contributed by atoms with Crippen molar-refractivity contribution in [3.05, 3.63) is 47.3 Å². The Morgan fingerprint density at radius 1 is 1.43 bits per heavy atom. The Bertz CT molecular complexity index is 611. The van der Waals surface area contributed by atoms with Crippen molar-refractivity contribution in [1.82, 2.24) is 10.1 Å². The Morgan fingerprint density at radius 3 is 3.00 bits per heavy atom. The van der Waals surface area contributed by atoms with Crippen LogP contribution in [-0.2, 0) is 6.54 Å². The van der Waals surface area contributed by atoms with Gasteiger partial charge in [0.05, 0.1) is 18.9 Å². The smallest absolute Gasteiger partial charge is 0.133 e. The van der Waals surface area contributed by atoms with Gasteiger partial charge in [0, 0.05) is 25.2 Å². The molecular weight excluding hydrogens is 268 g/mol. The summed E-state index contributed by atoms with van der Waals surface area (Å²) in [7, 11) is 1.67. The summed E-state index contributed by atoms with van der Waals surface area (Å²) in [6.07, 6.45) is 0.415. The van der Waals surface area contributed by atoms with Crippen LogP contribution in [0.25, 0.3) is 0 Å². The zero-order valence-electron chi connectivity index (χ0n) is 12.3. The summed E-state index contributed by atoms with van der Waals surface area (Å²) in [5.41, 5.74) is 2.06. The number of hydrogen-bond acceptors (Lipinski definition) is 5. The van der Waals surface area contributed by atoms with Crippen LogP contribution in [0.2, 0.25) is 0 Å². The average Bonchev–Trinajstić information content (AvgIpc) is 3.05. The van der Waals surface area contributed by atoms with Crippen LogP contribution in [-0.4, -0.2) is 34.9 Å². The molecule has 0 saturated carbocycles. The molecule has 0 bridgehead atoms. The van der Waals surface area contributed by atoms with Gasteiger partial charge in [0.25, 0.3) is 0 Å². The van der Waals surface area contributed by atoms with Crippen molar-refractivity contribution in [1.29, 1.82) is 0 Å². The predicted molar refractivity (Wildman–Crippen MR) is 78.0 cm³/mol. The second-order valence-corrected chi connectivity index (χ2v) is 5.54. The summed E-state index contributed by atoms with van der Waals surface area (Å²) in [6, 6.07) is 10.1. The highest BCUT2D eigenvalue weighted by molar-refractivity contribution is 5.31. The molecule has 0 amide bonds. The van der Waals surface area contributed by atoms with Gasteiger partial charge in [-0.3, -0.25) is 4.90 Å². The van der Waals surface area contributed by atoms with Crippen molar-refractivity contribution in [2.45, 2.75) is 32.0 Å². The maximum atomic E-state index is 10.0. The van der Waals surface area contributed by atoms with E-state index in [0.29, 0.717) is 13.1 Å². The molecule has 112 valence electrons. The minimum atomic E-state index is -0.311. The van der Waals surface area contributed by atoms with Gasteiger partial charge in [-0.2, -0.15) is 0 Å². The highest BCUT2D eigenvalue weighted by atomic mass is 16.5. The molecule has 21 heavy (non-hydrogen) atoms. The van der Waals surface area contributed by atoms with Gasteiger partial charge in [0.15, 0.2) is 0 Å². The Morgan fingerprint density at radius 2 is 2.29 bits per heavy atom. The molecule has 1 fully saturated rings. The number of aryl methyl sites for hydroxylation is 1. The molecule has 1 N–H and O–H groups in total. The summed E-state index contributed by atoms with van der Waals surface area (Å²) in [5, 5.41) is 14.1. The molecule has 1 saturated heterocycles. The highest BCUT2D eigenvalue weighted by Crippen LogP contribution is 2.34. The number of methoxy groups -OCH3 is 1. The zero-order chi connectivity index (χ0) is 14.8. The van der Waals surface area contributed by atoms with Crippen LogP contribution in [0.5, 0.6) is 5.75 Å². The molecule has 0 spiro atoms. The summed E-state index contributed by atoms with van der Waals surface area (Å²) in [4.78, 5) is 2.23. The minimum absolute atomic E-state index is 0.173. The van der Waals surface area contributed by atoms with Gasteiger partial charge < -0.3 is 14.4 Å². The van der Waals surface area contributed by atoms with Crippen molar-refractivity contribution in [3.8, 4) is 5.75 Å². The van der Waals surface area contributed by atoms with Crippen molar-refractivity contribution >= 4 is 0 Å². The fourth-order valence-corrected chi connectivity index (χ4v) is 2.95. The Balaban J connectivity index is 1.81. The molecule has 1 aromatic heterocycles. The first-order valence-corrected chi connectivity index (χ1v) is 7.14. The fraction of sp³-hybridized carbons (Fsp3) is 0.438. The standard InChI is InChI=1S/C16H20N2O3/c1-11-6-13(17-21-11)9-18-10-14(19)8-16(18)12-4-3-5-15(7-12)20-2/h3-7,14,16,19H,8-10H2,1-2H3/t14-,16-/m0/s1. The van der Waals surface area contributed by atoms with Crippen LogP contribution in [0.15, 0.2) is 34.9 Å². The summed E-state index contributed by atoms with van der Waals surface area (Å²) < 4.78 is 10.4. The van der Waals surface area contributed by atoms with Gasteiger partial charge >= 0.3 is 0 Å². The topological polar surface area (TPSA) is 58.7 Å². The monoisotopic (exact) mass is 288 g/mol. The van der Waals surface area contributed by atoms with Gasteiger partial charge in [0.2, 0.25) is 0 Å². The lowest BCUT2D eigenvalue weighted by Gasteiger charge is -2.23. The van der Waals surface area contributed by atoms with E-state index in [9.17, 15) is 5.11 Å². The number of hydrogen-bond donors (Lipinski definition) is 1. The van der Waals surface area contributed by atoms with Crippen LogP contribution in [0.4, 0.5) is 0 Å². The van der Waals surface area contributed by atoms with Gasteiger partial charge in [-0.1, -0.05) is 17.3 Å². The van der Waals surface area contributed by atoms with Crippen molar-refractivity contribution in [3.63, 3.8) is 0 Å². The Kier molecular flexibility index (Phi) is 3.94. The number of aliphatic hydroxyl groups is 1. The van der Waals surface area contributed by atoms with Crippen LogP contribution < -0.4 is 4.74 Å². The number of β-amino-alcohol motifs (C(OH)–C–C–N with tert-alkyl or cyclic N) is 1. The van der Waals surface area contributed by atoms with E-state index < -0.39 is 0 Å². The molecule has 2 atom stereocenters. The molecule has 2 heterocycles. The lowest BCUT2D eigenvalue weighted by molar-refractivity contribution is 0.171. The van der Waals surface area contributed by atoms with Gasteiger partial charge in [-0.15, -0.1) is 0 Å². The third-order valence-corrected chi connectivity index (χ3v) is 3.90. The third-order valence-electron chi connectivity index (χ3n) is 3.90. The molecular formula is C16H20N2O3. The van der Waals surface area contributed by atoms with Crippen molar-refractivity contribution in [2.24, 2.45) is 0 Å². The quantitative estimate of drug-likeness (QED) is 0.935. The number of aromatic nitrogens is 1. The first-order chi connectivity index (χ1) is 10.2. The molecule has 1 aromatic carbocycles. The van der Waals surface area contributed by atoms with E-state index in [1.165, 1.54) is 0 Å². The van der Waals surface area contributed by atoms with E-state index in [2.05, 4.69) is 16.1 Å². The van der Waals surface area contributed by atoms with Crippen molar-refractivity contribution < 1.29 is 14.4 Å². The SMILES string of the molecule is COc1cccc([C@@H]2C[C@H](O)CN2Cc2cc(C)on2)c1. The van der Waals surface area contributed by atoms with Crippen LogP contribution in [0.3, 0.4) is 0 Å². The lowest BCUT2D eigenvalue weighted by Crippen LogP contribution is -2.24. The third kappa shape index (κ3) is 3.09. The molecule has 0 unspecified atom stereocenters. The van der Waals surface area contributed by atoms with E-state index in [1.54, 1.807) is 7.11 Å². The zero-order valence-corrected chi connectivity index (χ0v) is 12.3. The first kappa shape index (κ1) is 14.1. The molecule has 1 aliphatic rings.